The van der Waals surface area contributed by atoms with Crippen LogP contribution in [0.5, 0.6) is 0 Å². The van der Waals surface area contributed by atoms with E-state index in [0.29, 0.717) is 0 Å². The van der Waals surface area contributed by atoms with Crippen LogP contribution in [0.2, 0.25) is 0 Å². The minimum absolute atomic E-state index is 0. The molecule has 12 heavy (non-hydrogen) atoms. The summed E-state index contributed by atoms with van der Waals surface area (Å²) < 4.78 is 0. The monoisotopic (exact) mass is 358 g/mol. The van der Waals surface area contributed by atoms with E-state index < -0.39 is 0 Å². The van der Waals surface area contributed by atoms with Crippen molar-refractivity contribution >= 4 is 13.2 Å². The van der Waals surface area contributed by atoms with Crippen molar-refractivity contribution in [2.75, 3.05) is 13.3 Å². The fourth-order valence-corrected chi connectivity index (χ4v) is 2.79. The van der Waals surface area contributed by atoms with Crippen LogP contribution in [0.1, 0.15) is 11.1 Å². The fraction of sp³-hybridized carbons (Fsp3) is 0.300. The Morgan fingerprint density at radius 2 is 1.83 bits per heavy atom. The number of hydrogen-bond acceptors (Lipinski definition) is 0. The molecule has 0 saturated carbocycles. The summed E-state index contributed by atoms with van der Waals surface area (Å²) in [6.45, 7) is 10.7. The van der Waals surface area contributed by atoms with E-state index in [4.69, 9.17) is 0 Å². The van der Waals surface area contributed by atoms with Crippen molar-refractivity contribution in [2.45, 2.75) is 6.92 Å². The minimum atomic E-state index is 0. The van der Waals surface area contributed by atoms with Gasteiger partial charge in [-0.1, -0.05) is 31.9 Å². The Labute approximate surface area is 89.9 Å². The maximum absolute atomic E-state index is 4.02. The second-order valence-electron chi connectivity index (χ2n) is 2.98. The van der Waals surface area contributed by atoms with Gasteiger partial charge >= 0.3 is 0 Å². The van der Waals surface area contributed by atoms with E-state index in [1.165, 1.54) is 16.4 Å². The van der Waals surface area contributed by atoms with Gasteiger partial charge in [-0.05, 0) is 0 Å². The topological polar surface area (TPSA) is 0 Å². The van der Waals surface area contributed by atoms with E-state index in [2.05, 4.69) is 45.4 Å². The average Bonchev–Trinajstić information content (AvgIpc) is 1.85. The molecular formula is C10H14IrP-. The molecule has 0 aliphatic heterocycles. The van der Waals surface area contributed by atoms with Crippen LogP contribution in [0.25, 0.3) is 0 Å². The van der Waals surface area contributed by atoms with E-state index in [0.717, 1.165) is 0 Å². The van der Waals surface area contributed by atoms with Crippen LogP contribution in [-0.2, 0) is 20.1 Å². The Kier molecular flexibility index (Phi) is 5.09. The van der Waals surface area contributed by atoms with Gasteiger partial charge in [-0.2, -0.15) is 18.6 Å². The number of aryl methyl sites for hydroxylation is 1. The molecule has 0 spiro atoms. The first-order chi connectivity index (χ1) is 5.13. The van der Waals surface area contributed by atoms with Crippen LogP contribution < -0.4 is 5.30 Å². The number of rotatable bonds is 1. The summed E-state index contributed by atoms with van der Waals surface area (Å²) in [5, 5.41) is 1.46. The molecule has 0 unspecified atom stereocenters. The molecule has 0 aliphatic rings. The Balaban J connectivity index is 0.00000121. The molecule has 0 heterocycles. The summed E-state index contributed by atoms with van der Waals surface area (Å²) in [6, 6.07) is 6.32. The Morgan fingerprint density at radius 3 is 2.17 bits per heavy atom. The van der Waals surface area contributed by atoms with E-state index in [1.807, 2.05) is 0 Å². The second-order valence-corrected chi connectivity index (χ2v) is 5.21. The summed E-state index contributed by atoms with van der Waals surface area (Å²) in [6.07, 6.45) is 0. The van der Waals surface area contributed by atoms with Crippen LogP contribution >= 0.6 is 7.92 Å². The number of hydrogen-bond donors (Lipinski definition) is 0. The van der Waals surface area contributed by atoms with E-state index >= 15 is 0 Å². The number of benzene rings is 1. The standard InChI is InChI=1S/C10H14P.Ir/c1-8-6-5-7-9(2)10(8)11(3)4;/h5-7H,1H2,2-4H3;/q-1;. The third kappa shape index (κ3) is 2.59. The van der Waals surface area contributed by atoms with Crippen molar-refractivity contribution in [1.82, 2.24) is 0 Å². The van der Waals surface area contributed by atoms with Crippen molar-refractivity contribution in [2.24, 2.45) is 0 Å². The molecule has 0 nitrogen and oxygen atoms in total. The summed E-state index contributed by atoms with van der Waals surface area (Å²) >= 11 is 0. The molecule has 1 rings (SSSR count). The predicted octanol–water partition coefficient (Wildman–Crippen LogP) is 2.54. The molecule has 0 bridgehead atoms. The molecular weight excluding hydrogens is 343 g/mol. The maximum Gasteiger partial charge on any atom is 0 e. The molecule has 0 amide bonds. The molecule has 2 heteroatoms. The van der Waals surface area contributed by atoms with Gasteiger partial charge in [-0.25, -0.2) is 0 Å². The SMILES string of the molecule is [CH2-]c1cccc(C)c1P(C)C.[Ir]. The Hall–Kier alpha value is 0.169. The molecule has 1 aromatic carbocycles. The molecule has 69 valence electrons. The zero-order valence-corrected chi connectivity index (χ0v) is 11.0. The van der Waals surface area contributed by atoms with Crippen LogP contribution in [0.3, 0.4) is 0 Å². The molecule has 1 aromatic rings. The van der Waals surface area contributed by atoms with Gasteiger partial charge < -0.3 is 0 Å². The van der Waals surface area contributed by atoms with Gasteiger partial charge in [0.15, 0.2) is 0 Å². The Morgan fingerprint density at radius 1 is 1.25 bits per heavy atom. The minimum Gasteiger partial charge on any atom is -0.198 e. The summed E-state index contributed by atoms with van der Waals surface area (Å²) in [4.78, 5) is 0. The molecule has 0 N–H and O–H groups in total. The first-order valence-corrected chi connectivity index (χ1v) is 5.95. The predicted molar refractivity (Wildman–Crippen MR) is 54.0 cm³/mol. The van der Waals surface area contributed by atoms with E-state index in [-0.39, 0.29) is 28.0 Å². The molecule has 0 saturated heterocycles. The largest absolute Gasteiger partial charge is 0.198 e. The molecule has 0 aromatic heterocycles. The van der Waals surface area contributed by atoms with Crippen molar-refractivity contribution in [3.63, 3.8) is 0 Å². The second kappa shape index (κ2) is 5.02. The van der Waals surface area contributed by atoms with Gasteiger partial charge in [0.1, 0.15) is 0 Å². The third-order valence-corrected chi connectivity index (χ3v) is 3.30. The van der Waals surface area contributed by atoms with Gasteiger partial charge in [0.2, 0.25) is 0 Å². The quantitative estimate of drug-likeness (QED) is 0.535. The smallest absolute Gasteiger partial charge is 0 e. The zero-order valence-electron chi connectivity index (χ0n) is 7.72. The van der Waals surface area contributed by atoms with Crippen LogP contribution in [0, 0.1) is 13.8 Å². The zero-order chi connectivity index (χ0) is 8.43. The van der Waals surface area contributed by atoms with Crippen LogP contribution in [0.15, 0.2) is 18.2 Å². The van der Waals surface area contributed by atoms with Crippen LogP contribution in [0.4, 0.5) is 0 Å². The van der Waals surface area contributed by atoms with Gasteiger partial charge in [0, 0.05) is 20.1 Å². The summed E-state index contributed by atoms with van der Waals surface area (Å²) in [5.74, 6) is 0. The van der Waals surface area contributed by atoms with Crippen molar-refractivity contribution in [3.8, 4) is 0 Å². The van der Waals surface area contributed by atoms with Crippen molar-refractivity contribution in [3.05, 3.63) is 36.2 Å². The van der Waals surface area contributed by atoms with Gasteiger partial charge in [-0.15, -0.1) is 19.3 Å². The molecule has 0 fully saturated rings. The molecule has 1 radical (unpaired) electrons. The average molecular weight is 357 g/mol. The summed E-state index contributed by atoms with van der Waals surface area (Å²) in [7, 11) is 0.000257. The normalized spacial score (nSPS) is 9.67. The van der Waals surface area contributed by atoms with E-state index in [1.54, 1.807) is 0 Å². The fourth-order valence-electron chi connectivity index (χ4n) is 1.36. The summed E-state index contributed by atoms with van der Waals surface area (Å²) in [5.41, 5.74) is 2.58. The first kappa shape index (κ1) is 12.2. The van der Waals surface area contributed by atoms with E-state index in [9.17, 15) is 0 Å². The maximum atomic E-state index is 4.02. The van der Waals surface area contributed by atoms with Gasteiger partial charge in [-0.3, -0.25) is 0 Å². The van der Waals surface area contributed by atoms with Gasteiger partial charge in [0.05, 0.1) is 0 Å². The molecule has 0 aliphatic carbocycles. The first-order valence-electron chi connectivity index (χ1n) is 3.72. The van der Waals surface area contributed by atoms with Crippen molar-refractivity contribution in [1.29, 1.82) is 0 Å². The van der Waals surface area contributed by atoms with Crippen molar-refractivity contribution < 1.29 is 20.1 Å². The van der Waals surface area contributed by atoms with Gasteiger partial charge in [0.25, 0.3) is 0 Å². The van der Waals surface area contributed by atoms with Crippen LogP contribution in [-0.4, -0.2) is 13.3 Å². The molecule has 0 atom stereocenters. The Bertz CT molecular complexity index is 236. The third-order valence-electron chi connectivity index (χ3n) is 1.77.